The van der Waals surface area contributed by atoms with Crippen LogP contribution in [0.25, 0.3) is 0 Å². The van der Waals surface area contributed by atoms with Gasteiger partial charge in [-0.15, -0.1) is 0 Å². The predicted molar refractivity (Wildman–Crippen MR) is 67.2 cm³/mol. The summed E-state index contributed by atoms with van der Waals surface area (Å²) in [5.74, 6) is 1.65. The van der Waals surface area contributed by atoms with Crippen molar-refractivity contribution in [3.8, 4) is 0 Å². The van der Waals surface area contributed by atoms with Gasteiger partial charge in [-0.3, -0.25) is 4.90 Å². The molecule has 1 aliphatic rings. The zero-order valence-corrected chi connectivity index (χ0v) is 11.1. The van der Waals surface area contributed by atoms with Crippen molar-refractivity contribution >= 4 is 21.6 Å². The van der Waals surface area contributed by atoms with E-state index in [1.807, 2.05) is 4.90 Å². The van der Waals surface area contributed by atoms with Crippen molar-refractivity contribution in [2.75, 3.05) is 36.9 Å². The van der Waals surface area contributed by atoms with Crippen molar-refractivity contribution < 1.29 is 13.5 Å². The Balaban J connectivity index is 2.71. The Morgan fingerprint density at radius 3 is 2.88 bits per heavy atom. The van der Waals surface area contributed by atoms with Gasteiger partial charge in [-0.05, 0) is 0 Å². The Morgan fingerprint density at radius 2 is 2.31 bits per heavy atom. The van der Waals surface area contributed by atoms with Crippen LogP contribution in [-0.2, 0) is 9.84 Å². The summed E-state index contributed by atoms with van der Waals surface area (Å²) in [4.78, 5) is 1.84. The Bertz CT molecular complexity index is 308. The Labute approximate surface area is 101 Å². The lowest BCUT2D eigenvalue weighted by molar-refractivity contribution is 0.116. The minimum absolute atomic E-state index is 0.146. The molecule has 96 valence electrons. The summed E-state index contributed by atoms with van der Waals surface area (Å²) in [5.41, 5.74) is 5.34. The molecule has 16 heavy (non-hydrogen) atoms. The van der Waals surface area contributed by atoms with E-state index < -0.39 is 21.3 Å². The van der Waals surface area contributed by atoms with E-state index in [9.17, 15) is 13.5 Å². The van der Waals surface area contributed by atoms with Crippen LogP contribution in [0.1, 0.15) is 6.92 Å². The minimum atomic E-state index is -3.07. The lowest BCUT2D eigenvalue weighted by Crippen LogP contribution is -2.51. The van der Waals surface area contributed by atoms with Gasteiger partial charge in [0.05, 0.1) is 6.10 Å². The van der Waals surface area contributed by atoms with Crippen LogP contribution in [0.4, 0.5) is 0 Å². The summed E-state index contributed by atoms with van der Waals surface area (Å²) >= 11 is 1.65. The smallest absolute Gasteiger partial charge is 0.166 e. The fraction of sp³-hybridized carbons (Fsp3) is 1.00. The first-order valence-corrected chi connectivity index (χ1v) is 8.29. The molecule has 0 aromatic carbocycles. The fourth-order valence-electron chi connectivity index (χ4n) is 1.69. The van der Waals surface area contributed by atoms with Gasteiger partial charge < -0.3 is 10.8 Å². The standard InChI is InChI=1S/C9H20N2O3S2/c1-2-16(13,14)9-7-15-4-3-11(9)6-8(12)5-10/h8-9,12H,2-7,10H2,1H3. The molecule has 0 amide bonds. The number of rotatable bonds is 5. The first kappa shape index (κ1) is 14.2. The van der Waals surface area contributed by atoms with Gasteiger partial charge in [0.15, 0.2) is 9.84 Å². The quantitative estimate of drug-likeness (QED) is 0.673. The topological polar surface area (TPSA) is 83.6 Å². The van der Waals surface area contributed by atoms with Crippen molar-refractivity contribution in [2.45, 2.75) is 18.4 Å². The molecule has 0 aromatic rings. The lowest BCUT2D eigenvalue weighted by atomic mass is 10.3. The van der Waals surface area contributed by atoms with E-state index >= 15 is 0 Å². The van der Waals surface area contributed by atoms with Crippen LogP contribution in [0, 0.1) is 0 Å². The third kappa shape index (κ3) is 3.59. The van der Waals surface area contributed by atoms with Crippen LogP contribution < -0.4 is 5.73 Å². The number of nitrogens with two attached hydrogens (primary N) is 1. The van der Waals surface area contributed by atoms with Crippen LogP contribution >= 0.6 is 11.8 Å². The summed E-state index contributed by atoms with van der Waals surface area (Å²) in [6.07, 6.45) is -0.641. The maximum absolute atomic E-state index is 11.9. The second-order valence-electron chi connectivity index (χ2n) is 3.87. The molecule has 5 nitrogen and oxygen atoms in total. The van der Waals surface area contributed by atoms with Crippen LogP contribution in [0.5, 0.6) is 0 Å². The predicted octanol–water partition coefficient (Wildman–Crippen LogP) is -0.884. The second-order valence-corrected chi connectivity index (χ2v) is 7.46. The number of thioether (sulfide) groups is 1. The molecule has 0 bridgehead atoms. The number of aliphatic hydroxyl groups is 1. The molecule has 3 N–H and O–H groups in total. The molecule has 0 spiro atoms. The summed E-state index contributed by atoms with van der Waals surface area (Å²) in [7, 11) is -3.07. The van der Waals surface area contributed by atoms with Crippen LogP contribution in [0.15, 0.2) is 0 Å². The van der Waals surface area contributed by atoms with Crippen molar-refractivity contribution in [1.82, 2.24) is 4.90 Å². The third-order valence-electron chi connectivity index (χ3n) is 2.72. The average molecular weight is 268 g/mol. The number of aliphatic hydroxyl groups excluding tert-OH is 1. The third-order valence-corrected chi connectivity index (χ3v) is 6.06. The van der Waals surface area contributed by atoms with Crippen LogP contribution in [0.2, 0.25) is 0 Å². The highest BCUT2D eigenvalue weighted by atomic mass is 32.2. The molecular weight excluding hydrogens is 248 g/mol. The van der Waals surface area contributed by atoms with Gasteiger partial charge in [-0.25, -0.2) is 8.42 Å². The molecule has 0 radical (unpaired) electrons. The van der Waals surface area contributed by atoms with E-state index in [0.29, 0.717) is 18.8 Å². The van der Waals surface area contributed by atoms with Gasteiger partial charge in [0, 0.05) is 36.9 Å². The van der Waals surface area contributed by atoms with Crippen molar-refractivity contribution in [3.05, 3.63) is 0 Å². The highest BCUT2D eigenvalue weighted by molar-refractivity contribution is 8.01. The Morgan fingerprint density at radius 1 is 1.62 bits per heavy atom. The van der Waals surface area contributed by atoms with Gasteiger partial charge in [0.1, 0.15) is 5.37 Å². The number of nitrogens with zero attached hydrogens (tertiary/aromatic N) is 1. The SMILES string of the molecule is CCS(=O)(=O)C1CSCCN1CC(O)CN. The van der Waals surface area contributed by atoms with Crippen molar-refractivity contribution in [1.29, 1.82) is 0 Å². The van der Waals surface area contributed by atoms with Gasteiger partial charge in [0.2, 0.25) is 0 Å². The first-order chi connectivity index (χ1) is 7.51. The molecule has 1 rings (SSSR count). The zero-order valence-electron chi connectivity index (χ0n) is 9.50. The van der Waals surface area contributed by atoms with Gasteiger partial charge in [-0.2, -0.15) is 11.8 Å². The molecule has 0 aromatic heterocycles. The normalized spacial score (nSPS) is 25.6. The average Bonchev–Trinajstić information content (AvgIpc) is 2.29. The maximum atomic E-state index is 11.9. The highest BCUT2D eigenvalue weighted by Gasteiger charge is 2.33. The van der Waals surface area contributed by atoms with Crippen LogP contribution in [0.3, 0.4) is 0 Å². The monoisotopic (exact) mass is 268 g/mol. The number of sulfone groups is 1. The largest absolute Gasteiger partial charge is 0.390 e. The molecule has 1 saturated heterocycles. The van der Waals surface area contributed by atoms with Gasteiger partial charge in [-0.1, -0.05) is 6.92 Å². The molecule has 7 heteroatoms. The Kier molecular flexibility index (Phi) is 5.52. The van der Waals surface area contributed by atoms with E-state index in [4.69, 9.17) is 5.73 Å². The molecule has 2 atom stereocenters. The fourth-order valence-corrected chi connectivity index (χ4v) is 4.78. The van der Waals surface area contributed by atoms with Crippen molar-refractivity contribution in [2.24, 2.45) is 5.73 Å². The number of hydrogen-bond donors (Lipinski definition) is 2. The van der Waals surface area contributed by atoms with E-state index in [1.54, 1.807) is 18.7 Å². The van der Waals surface area contributed by atoms with Gasteiger partial charge in [0.25, 0.3) is 0 Å². The number of hydrogen-bond acceptors (Lipinski definition) is 6. The minimum Gasteiger partial charge on any atom is -0.390 e. The van der Waals surface area contributed by atoms with E-state index in [-0.39, 0.29) is 12.3 Å². The summed E-state index contributed by atoms with van der Waals surface area (Å²) < 4.78 is 23.7. The van der Waals surface area contributed by atoms with Crippen molar-refractivity contribution in [3.63, 3.8) is 0 Å². The maximum Gasteiger partial charge on any atom is 0.166 e. The summed E-state index contributed by atoms with van der Waals surface area (Å²) in [6, 6.07) is 0. The molecule has 1 fully saturated rings. The molecule has 1 aliphatic heterocycles. The molecular formula is C9H20N2O3S2. The molecule has 1 heterocycles. The summed E-state index contributed by atoms with van der Waals surface area (Å²) in [5, 5.41) is 9.04. The first-order valence-electron chi connectivity index (χ1n) is 5.42. The van der Waals surface area contributed by atoms with Gasteiger partial charge >= 0.3 is 0 Å². The van der Waals surface area contributed by atoms with Crippen LogP contribution in [-0.4, -0.2) is 66.8 Å². The zero-order chi connectivity index (χ0) is 12.2. The second kappa shape index (κ2) is 6.20. The Hall–Kier alpha value is 0.180. The lowest BCUT2D eigenvalue weighted by Gasteiger charge is -2.35. The highest BCUT2D eigenvalue weighted by Crippen LogP contribution is 2.21. The van der Waals surface area contributed by atoms with E-state index in [1.165, 1.54) is 0 Å². The summed E-state index contributed by atoms with van der Waals surface area (Å²) in [6.45, 7) is 2.88. The number of β-amino-alcohol motifs (C(OH)–C–C–N with tert-alkyl or cyclic N) is 1. The van der Waals surface area contributed by atoms with E-state index in [2.05, 4.69) is 0 Å². The molecule has 0 aliphatic carbocycles. The molecule has 0 saturated carbocycles. The molecule has 2 unspecified atom stereocenters. The van der Waals surface area contributed by atoms with E-state index in [0.717, 1.165) is 5.75 Å².